The fraction of sp³-hybridized carbons (Fsp3) is 0.174. The zero-order chi connectivity index (χ0) is 23.6. The van der Waals surface area contributed by atoms with E-state index in [0.29, 0.717) is 11.3 Å². The van der Waals surface area contributed by atoms with Crippen molar-refractivity contribution in [3.63, 3.8) is 0 Å². The van der Waals surface area contributed by atoms with Crippen LogP contribution in [0.2, 0.25) is 0 Å². The van der Waals surface area contributed by atoms with Gasteiger partial charge in [0.2, 0.25) is 11.7 Å². The molecule has 2 heterocycles. The number of alkyl halides is 3. The van der Waals surface area contributed by atoms with Gasteiger partial charge in [-0.05, 0) is 67.4 Å². The molecule has 0 unspecified atom stereocenters. The van der Waals surface area contributed by atoms with Crippen LogP contribution in [0.3, 0.4) is 0 Å². The quantitative estimate of drug-likeness (QED) is 0.422. The molecule has 1 amide bonds. The van der Waals surface area contributed by atoms with E-state index in [1.54, 1.807) is 22.9 Å². The number of aryl methyl sites for hydroxylation is 1. The molecule has 4 rings (SSSR count). The molecule has 1 N–H and O–H groups in total. The van der Waals surface area contributed by atoms with Gasteiger partial charge in [0.05, 0.1) is 0 Å². The van der Waals surface area contributed by atoms with Crippen LogP contribution in [0.25, 0.3) is 23.0 Å². The molecule has 0 aliphatic carbocycles. The van der Waals surface area contributed by atoms with Gasteiger partial charge in [0.1, 0.15) is 18.0 Å². The SMILES string of the molecule is Cc1cccc(NC(=O)Cn2cccc2-c2nc(-c3ccc(OC(F)(F)F)cc3)no2)c1C. The van der Waals surface area contributed by atoms with E-state index in [1.807, 2.05) is 32.0 Å². The van der Waals surface area contributed by atoms with Gasteiger partial charge in [0.25, 0.3) is 5.89 Å². The minimum Gasteiger partial charge on any atom is -0.406 e. The predicted octanol–water partition coefficient (Wildman–Crippen LogP) is 5.36. The van der Waals surface area contributed by atoms with Crippen LogP contribution in [-0.4, -0.2) is 27.0 Å². The Bertz CT molecular complexity index is 1280. The fourth-order valence-corrected chi connectivity index (χ4v) is 3.23. The summed E-state index contributed by atoms with van der Waals surface area (Å²) in [5, 5.41) is 6.80. The third kappa shape index (κ3) is 5.22. The fourth-order valence-electron chi connectivity index (χ4n) is 3.23. The summed E-state index contributed by atoms with van der Waals surface area (Å²) < 4.78 is 47.8. The Morgan fingerprint density at radius 1 is 1.09 bits per heavy atom. The van der Waals surface area contributed by atoms with Gasteiger partial charge in [-0.2, -0.15) is 4.98 Å². The van der Waals surface area contributed by atoms with Crippen molar-refractivity contribution in [3.8, 4) is 28.7 Å². The van der Waals surface area contributed by atoms with Gasteiger partial charge in [-0.25, -0.2) is 0 Å². The van der Waals surface area contributed by atoms with Crippen molar-refractivity contribution < 1.29 is 27.2 Å². The Labute approximate surface area is 186 Å². The highest BCUT2D eigenvalue weighted by Crippen LogP contribution is 2.27. The van der Waals surface area contributed by atoms with E-state index in [1.165, 1.54) is 24.3 Å². The highest BCUT2D eigenvalue weighted by atomic mass is 19.4. The molecule has 0 saturated carbocycles. The summed E-state index contributed by atoms with van der Waals surface area (Å²) in [6.45, 7) is 3.93. The van der Waals surface area contributed by atoms with Gasteiger partial charge in [0, 0.05) is 17.4 Å². The van der Waals surface area contributed by atoms with Crippen LogP contribution in [0.5, 0.6) is 5.75 Å². The van der Waals surface area contributed by atoms with Crippen molar-refractivity contribution in [2.45, 2.75) is 26.8 Å². The molecule has 10 heteroatoms. The number of nitrogens with zero attached hydrogens (tertiary/aromatic N) is 3. The summed E-state index contributed by atoms with van der Waals surface area (Å²) >= 11 is 0. The number of halogens is 3. The van der Waals surface area contributed by atoms with Gasteiger partial charge < -0.3 is 19.1 Å². The molecule has 0 spiro atoms. The molecule has 170 valence electrons. The van der Waals surface area contributed by atoms with Crippen LogP contribution in [0.15, 0.2) is 65.3 Å². The van der Waals surface area contributed by atoms with E-state index in [4.69, 9.17) is 4.52 Å². The number of ether oxygens (including phenoxy) is 1. The summed E-state index contributed by atoms with van der Waals surface area (Å²) in [7, 11) is 0. The molecule has 0 bridgehead atoms. The first-order valence-corrected chi connectivity index (χ1v) is 9.91. The second-order valence-corrected chi connectivity index (χ2v) is 7.31. The lowest BCUT2D eigenvalue weighted by Gasteiger charge is -2.11. The van der Waals surface area contributed by atoms with E-state index in [0.717, 1.165) is 16.8 Å². The molecule has 33 heavy (non-hydrogen) atoms. The normalized spacial score (nSPS) is 11.4. The summed E-state index contributed by atoms with van der Waals surface area (Å²) in [5.41, 5.74) is 3.79. The van der Waals surface area contributed by atoms with Crippen molar-refractivity contribution in [2.75, 3.05) is 5.32 Å². The number of carbonyl (C=O) groups is 1. The molecule has 0 atom stereocenters. The van der Waals surface area contributed by atoms with Crippen molar-refractivity contribution in [1.29, 1.82) is 0 Å². The van der Waals surface area contributed by atoms with Crippen LogP contribution < -0.4 is 10.1 Å². The van der Waals surface area contributed by atoms with Crippen LogP contribution >= 0.6 is 0 Å². The van der Waals surface area contributed by atoms with Crippen LogP contribution in [-0.2, 0) is 11.3 Å². The molecule has 0 aliphatic heterocycles. The number of hydrogen-bond acceptors (Lipinski definition) is 5. The molecular weight excluding hydrogens is 437 g/mol. The molecule has 2 aromatic heterocycles. The smallest absolute Gasteiger partial charge is 0.406 e. The maximum absolute atomic E-state index is 12.6. The number of carbonyl (C=O) groups excluding carboxylic acids is 1. The van der Waals surface area contributed by atoms with Crippen molar-refractivity contribution in [1.82, 2.24) is 14.7 Å². The molecule has 0 saturated heterocycles. The maximum atomic E-state index is 12.6. The Hall–Kier alpha value is -4.08. The summed E-state index contributed by atoms with van der Waals surface area (Å²) in [6.07, 6.45) is -3.05. The molecular formula is C23H19F3N4O3. The topological polar surface area (TPSA) is 82.2 Å². The van der Waals surface area contributed by atoms with E-state index < -0.39 is 6.36 Å². The second-order valence-electron chi connectivity index (χ2n) is 7.31. The number of amides is 1. The molecule has 0 fully saturated rings. The molecule has 2 aromatic carbocycles. The van der Waals surface area contributed by atoms with E-state index in [2.05, 4.69) is 20.2 Å². The molecule has 4 aromatic rings. The van der Waals surface area contributed by atoms with Gasteiger partial charge in [-0.3, -0.25) is 4.79 Å². The van der Waals surface area contributed by atoms with E-state index in [-0.39, 0.29) is 29.9 Å². The van der Waals surface area contributed by atoms with Crippen LogP contribution in [0, 0.1) is 13.8 Å². The van der Waals surface area contributed by atoms with Crippen LogP contribution in [0.4, 0.5) is 18.9 Å². The van der Waals surface area contributed by atoms with Crippen molar-refractivity contribution in [3.05, 3.63) is 71.9 Å². The summed E-state index contributed by atoms with van der Waals surface area (Å²) in [5.74, 6) is -0.207. The monoisotopic (exact) mass is 456 g/mol. The minimum atomic E-state index is -4.77. The number of rotatable bonds is 6. The molecule has 0 radical (unpaired) electrons. The number of anilines is 1. The Morgan fingerprint density at radius 3 is 2.58 bits per heavy atom. The van der Waals surface area contributed by atoms with Gasteiger partial charge in [-0.15, -0.1) is 13.2 Å². The van der Waals surface area contributed by atoms with E-state index in [9.17, 15) is 18.0 Å². The minimum absolute atomic E-state index is 0.0247. The Morgan fingerprint density at radius 2 is 1.85 bits per heavy atom. The third-order valence-corrected chi connectivity index (χ3v) is 5.01. The molecule has 0 aliphatic rings. The first-order chi connectivity index (χ1) is 15.7. The maximum Gasteiger partial charge on any atom is 0.573 e. The lowest BCUT2D eigenvalue weighted by atomic mass is 10.1. The van der Waals surface area contributed by atoms with Gasteiger partial charge >= 0.3 is 6.36 Å². The Kier molecular flexibility index (Phi) is 5.91. The highest BCUT2D eigenvalue weighted by molar-refractivity contribution is 5.91. The number of hydrogen-bond donors (Lipinski definition) is 1. The van der Waals surface area contributed by atoms with Gasteiger partial charge in [0.15, 0.2) is 0 Å². The Balaban J connectivity index is 1.48. The lowest BCUT2D eigenvalue weighted by molar-refractivity contribution is -0.274. The van der Waals surface area contributed by atoms with Gasteiger partial charge in [-0.1, -0.05) is 17.3 Å². The number of nitrogens with one attached hydrogen (secondary N) is 1. The largest absolute Gasteiger partial charge is 0.573 e. The average Bonchev–Trinajstić information content (AvgIpc) is 3.40. The zero-order valence-corrected chi connectivity index (χ0v) is 17.7. The predicted molar refractivity (Wildman–Crippen MR) is 114 cm³/mol. The zero-order valence-electron chi connectivity index (χ0n) is 17.7. The highest BCUT2D eigenvalue weighted by Gasteiger charge is 2.31. The first kappa shape index (κ1) is 22.1. The number of benzene rings is 2. The standard InChI is InChI=1S/C23H19F3N4O3/c1-14-5-3-6-18(15(14)2)27-20(31)13-30-12-4-7-19(30)22-28-21(29-33-22)16-8-10-17(11-9-16)32-23(24,25)26/h3-12H,13H2,1-2H3,(H,27,31). The second kappa shape index (κ2) is 8.81. The van der Waals surface area contributed by atoms with Crippen molar-refractivity contribution in [2.24, 2.45) is 0 Å². The van der Waals surface area contributed by atoms with Crippen LogP contribution in [0.1, 0.15) is 11.1 Å². The first-order valence-electron chi connectivity index (χ1n) is 9.91. The summed E-state index contributed by atoms with van der Waals surface area (Å²) in [6, 6.07) is 14.3. The van der Waals surface area contributed by atoms with E-state index >= 15 is 0 Å². The summed E-state index contributed by atoms with van der Waals surface area (Å²) in [4.78, 5) is 16.9. The number of aromatic nitrogens is 3. The average molecular weight is 456 g/mol. The lowest BCUT2D eigenvalue weighted by Crippen LogP contribution is -2.19. The third-order valence-electron chi connectivity index (χ3n) is 5.01. The molecule has 7 nitrogen and oxygen atoms in total. The van der Waals surface area contributed by atoms with Crippen molar-refractivity contribution >= 4 is 11.6 Å².